The SMILES string of the molecule is Cc1cc(CNC(=O)c2c(C)nn(C)c2C)nc(N(C)C)n1. The third-order valence-electron chi connectivity index (χ3n) is 3.46. The average molecular weight is 302 g/mol. The largest absolute Gasteiger partial charge is 0.347 e. The molecule has 0 bridgehead atoms. The Hall–Kier alpha value is -2.44. The van der Waals surface area contributed by atoms with Crippen molar-refractivity contribution in [3.8, 4) is 0 Å². The highest BCUT2D eigenvalue weighted by atomic mass is 16.1. The fourth-order valence-corrected chi connectivity index (χ4v) is 2.27. The molecule has 22 heavy (non-hydrogen) atoms. The lowest BCUT2D eigenvalue weighted by Crippen LogP contribution is -2.25. The number of amides is 1. The van der Waals surface area contributed by atoms with Gasteiger partial charge in [-0.05, 0) is 26.8 Å². The van der Waals surface area contributed by atoms with Crippen LogP contribution < -0.4 is 10.2 Å². The second kappa shape index (κ2) is 6.13. The van der Waals surface area contributed by atoms with Crippen LogP contribution in [0.5, 0.6) is 0 Å². The summed E-state index contributed by atoms with van der Waals surface area (Å²) >= 11 is 0. The van der Waals surface area contributed by atoms with Crippen molar-refractivity contribution in [3.05, 3.63) is 34.4 Å². The Bertz CT molecular complexity index is 704. The molecule has 2 aromatic heterocycles. The van der Waals surface area contributed by atoms with Crippen molar-refractivity contribution in [3.63, 3.8) is 0 Å². The zero-order chi connectivity index (χ0) is 16.4. The molecule has 0 aliphatic rings. The van der Waals surface area contributed by atoms with Crippen LogP contribution in [0.2, 0.25) is 0 Å². The molecule has 2 heterocycles. The molecule has 118 valence electrons. The quantitative estimate of drug-likeness (QED) is 0.916. The monoisotopic (exact) mass is 302 g/mol. The summed E-state index contributed by atoms with van der Waals surface area (Å²) in [4.78, 5) is 23.0. The third-order valence-corrected chi connectivity index (χ3v) is 3.46. The Morgan fingerprint density at radius 2 is 1.95 bits per heavy atom. The van der Waals surface area contributed by atoms with Gasteiger partial charge in [0, 0.05) is 32.5 Å². The highest BCUT2D eigenvalue weighted by Crippen LogP contribution is 2.12. The van der Waals surface area contributed by atoms with E-state index in [2.05, 4.69) is 20.4 Å². The molecule has 0 spiro atoms. The minimum absolute atomic E-state index is 0.134. The maximum Gasteiger partial charge on any atom is 0.255 e. The van der Waals surface area contributed by atoms with Crippen molar-refractivity contribution >= 4 is 11.9 Å². The summed E-state index contributed by atoms with van der Waals surface area (Å²) < 4.78 is 1.71. The van der Waals surface area contributed by atoms with Crippen LogP contribution in [0.3, 0.4) is 0 Å². The fourth-order valence-electron chi connectivity index (χ4n) is 2.27. The normalized spacial score (nSPS) is 10.6. The molecular weight excluding hydrogens is 280 g/mol. The van der Waals surface area contributed by atoms with Crippen LogP contribution in [0.25, 0.3) is 0 Å². The lowest BCUT2D eigenvalue weighted by atomic mass is 10.2. The van der Waals surface area contributed by atoms with E-state index >= 15 is 0 Å². The van der Waals surface area contributed by atoms with Crippen molar-refractivity contribution in [1.82, 2.24) is 25.1 Å². The van der Waals surface area contributed by atoms with Gasteiger partial charge in [0.05, 0.1) is 23.5 Å². The molecule has 0 aromatic carbocycles. The first-order valence-electron chi connectivity index (χ1n) is 7.10. The van der Waals surface area contributed by atoms with E-state index in [1.54, 1.807) is 4.68 Å². The van der Waals surface area contributed by atoms with E-state index in [4.69, 9.17) is 0 Å². The topological polar surface area (TPSA) is 75.9 Å². The molecule has 1 amide bonds. The molecule has 7 heteroatoms. The number of hydrogen-bond donors (Lipinski definition) is 1. The first-order valence-corrected chi connectivity index (χ1v) is 7.10. The maximum atomic E-state index is 12.4. The molecule has 7 nitrogen and oxygen atoms in total. The van der Waals surface area contributed by atoms with E-state index < -0.39 is 0 Å². The molecule has 2 aromatic rings. The van der Waals surface area contributed by atoms with E-state index in [1.165, 1.54) is 0 Å². The van der Waals surface area contributed by atoms with Crippen LogP contribution in [-0.4, -0.2) is 39.8 Å². The van der Waals surface area contributed by atoms with E-state index in [0.717, 1.165) is 22.8 Å². The number of nitrogens with zero attached hydrogens (tertiary/aromatic N) is 5. The maximum absolute atomic E-state index is 12.4. The highest BCUT2D eigenvalue weighted by Gasteiger charge is 2.17. The molecule has 0 saturated heterocycles. The smallest absolute Gasteiger partial charge is 0.255 e. The van der Waals surface area contributed by atoms with Gasteiger partial charge >= 0.3 is 0 Å². The first kappa shape index (κ1) is 15.9. The summed E-state index contributed by atoms with van der Waals surface area (Å²) in [6.07, 6.45) is 0. The van der Waals surface area contributed by atoms with Crippen LogP contribution in [0.1, 0.15) is 33.1 Å². The third kappa shape index (κ3) is 3.24. The Morgan fingerprint density at radius 3 is 2.50 bits per heavy atom. The van der Waals surface area contributed by atoms with Crippen molar-refractivity contribution in [2.45, 2.75) is 27.3 Å². The van der Waals surface area contributed by atoms with Gasteiger partial charge in [0.25, 0.3) is 5.91 Å². The fraction of sp³-hybridized carbons (Fsp3) is 0.467. The van der Waals surface area contributed by atoms with Crippen LogP contribution in [0, 0.1) is 20.8 Å². The van der Waals surface area contributed by atoms with Crippen molar-refractivity contribution in [2.24, 2.45) is 7.05 Å². The van der Waals surface area contributed by atoms with E-state index in [-0.39, 0.29) is 5.91 Å². The molecular formula is C15H22N6O. The average Bonchev–Trinajstić information content (AvgIpc) is 2.69. The molecule has 1 N–H and O–H groups in total. The number of carbonyl (C=O) groups is 1. The summed E-state index contributed by atoms with van der Waals surface area (Å²) in [6, 6.07) is 1.87. The number of hydrogen-bond acceptors (Lipinski definition) is 5. The van der Waals surface area contributed by atoms with E-state index in [9.17, 15) is 4.79 Å². The van der Waals surface area contributed by atoms with Gasteiger partial charge in [-0.15, -0.1) is 0 Å². The molecule has 0 unspecified atom stereocenters. The Morgan fingerprint density at radius 1 is 1.27 bits per heavy atom. The summed E-state index contributed by atoms with van der Waals surface area (Å²) in [6.45, 7) is 5.99. The standard InChI is InChI=1S/C15H22N6O/c1-9-7-12(18-15(17-9)20(4)5)8-16-14(22)13-10(2)19-21(6)11(13)3/h7H,8H2,1-6H3,(H,16,22). The number of aryl methyl sites for hydroxylation is 3. The summed E-state index contributed by atoms with van der Waals surface area (Å²) in [5, 5.41) is 7.16. The summed E-state index contributed by atoms with van der Waals surface area (Å²) in [5.41, 5.74) is 3.86. The van der Waals surface area contributed by atoms with E-state index in [1.807, 2.05) is 52.9 Å². The van der Waals surface area contributed by atoms with Gasteiger partial charge < -0.3 is 10.2 Å². The predicted octanol–water partition coefficient (Wildman–Crippen LogP) is 1.13. The Balaban J connectivity index is 2.14. The molecule has 0 aliphatic carbocycles. The highest BCUT2D eigenvalue weighted by molar-refractivity contribution is 5.96. The lowest BCUT2D eigenvalue weighted by molar-refractivity contribution is 0.0949. The van der Waals surface area contributed by atoms with Crippen molar-refractivity contribution in [1.29, 1.82) is 0 Å². The van der Waals surface area contributed by atoms with Crippen LogP contribution in [0.15, 0.2) is 6.07 Å². The van der Waals surface area contributed by atoms with Crippen LogP contribution in [-0.2, 0) is 13.6 Å². The number of carbonyl (C=O) groups excluding carboxylic acids is 1. The molecule has 0 saturated carbocycles. The zero-order valence-corrected chi connectivity index (χ0v) is 13.9. The number of rotatable bonds is 4. The molecule has 0 aliphatic heterocycles. The van der Waals surface area contributed by atoms with E-state index in [0.29, 0.717) is 18.1 Å². The molecule has 0 atom stereocenters. The van der Waals surface area contributed by atoms with Crippen molar-refractivity contribution < 1.29 is 4.79 Å². The molecule has 0 radical (unpaired) electrons. The minimum Gasteiger partial charge on any atom is -0.347 e. The second-order valence-electron chi connectivity index (χ2n) is 5.55. The van der Waals surface area contributed by atoms with Crippen LogP contribution >= 0.6 is 0 Å². The zero-order valence-electron chi connectivity index (χ0n) is 13.9. The number of anilines is 1. The van der Waals surface area contributed by atoms with Gasteiger partial charge in [-0.1, -0.05) is 0 Å². The van der Waals surface area contributed by atoms with Gasteiger partial charge in [0.1, 0.15) is 0 Å². The number of aromatic nitrogens is 4. The number of nitrogens with one attached hydrogen (secondary N) is 1. The Kier molecular flexibility index (Phi) is 4.44. The summed E-state index contributed by atoms with van der Waals surface area (Å²) in [5.74, 6) is 0.503. The second-order valence-corrected chi connectivity index (χ2v) is 5.55. The lowest BCUT2D eigenvalue weighted by Gasteiger charge is -2.12. The summed E-state index contributed by atoms with van der Waals surface area (Å²) in [7, 11) is 5.61. The van der Waals surface area contributed by atoms with Gasteiger partial charge in [-0.3, -0.25) is 9.48 Å². The van der Waals surface area contributed by atoms with Gasteiger partial charge in [-0.25, -0.2) is 9.97 Å². The first-order chi connectivity index (χ1) is 10.3. The van der Waals surface area contributed by atoms with Gasteiger partial charge in [0.15, 0.2) is 0 Å². The predicted molar refractivity (Wildman–Crippen MR) is 84.9 cm³/mol. The molecule has 2 rings (SSSR count). The molecule has 0 fully saturated rings. The van der Waals surface area contributed by atoms with Gasteiger partial charge in [0.2, 0.25) is 5.95 Å². The van der Waals surface area contributed by atoms with Gasteiger partial charge in [-0.2, -0.15) is 5.10 Å². The van der Waals surface area contributed by atoms with Crippen molar-refractivity contribution in [2.75, 3.05) is 19.0 Å². The minimum atomic E-state index is -0.134. The van der Waals surface area contributed by atoms with Crippen LogP contribution in [0.4, 0.5) is 5.95 Å². The Labute approximate surface area is 130 Å².